The Balaban J connectivity index is 1.96. The molecule has 0 aliphatic carbocycles. The van der Waals surface area contributed by atoms with Gasteiger partial charge in [0.2, 0.25) is 15.9 Å². The van der Waals surface area contributed by atoms with Crippen LogP contribution in [0.3, 0.4) is 0 Å². The number of hydrogen-bond donors (Lipinski definition) is 0. The predicted octanol–water partition coefficient (Wildman–Crippen LogP) is 2.42. The van der Waals surface area contributed by atoms with Crippen LogP contribution in [0.25, 0.3) is 10.2 Å². The molecule has 2 aromatic heterocycles. The summed E-state index contributed by atoms with van der Waals surface area (Å²) in [6, 6.07) is 9.57. The van der Waals surface area contributed by atoms with Gasteiger partial charge in [0.15, 0.2) is 5.13 Å². The van der Waals surface area contributed by atoms with Crippen LogP contribution in [0.2, 0.25) is 0 Å². The summed E-state index contributed by atoms with van der Waals surface area (Å²) in [4.78, 5) is 23.1. The van der Waals surface area contributed by atoms with E-state index in [9.17, 15) is 13.2 Å². The Bertz CT molecular complexity index is 1060. The lowest BCUT2D eigenvalue weighted by atomic mass is 10.2. The maximum Gasteiger partial charge on any atom is 0.244 e. The van der Waals surface area contributed by atoms with Gasteiger partial charge in [-0.2, -0.15) is 4.31 Å². The summed E-state index contributed by atoms with van der Waals surface area (Å²) in [5.41, 5.74) is 2.75. The number of carbonyl (C=O) groups is 1. The minimum Gasteiger partial charge on any atom is -0.282 e. The van der Waals surface area contributed by atoms with Gasteiger partial charge in [0, 0.05) is 19.4 Å². The zero-order valence-corrected chi connectivity index (χ0v) is 16.9. The molecule has 9 heteroatoms. The zero-order valence-electron chi connectivity index (χ0n) is 15.3. The van der Waals surface area contributed by atoms with Crippen molar-refractivity contribution in [3.63, 3.8) is 0 Å². The Morgan fingerprint density at radius 1 is 1.26 bits per heavy atom. The fraction of sp³-hybridized carbons (Fsp3) is 0.278. The molecule has 0 atom stereocenters. The quantitative estimate of drug-likeness (QED) is 0.630. The van der Waals surface area contributed by atoms with E-state index in [1.54, 1.807) is 18.5 Å². The Morgan fingerprint density at radius 2 is 2.04 bits per heavy atom. The largest absolute Gasteiger partial charge is 0.282 e. The number of aryl methyl sites for hydroxylation is 1. The summed E-state index contributed by atoms with van der Waals surface area (Å²) >= 11 is 1.41. The predicted molar refractivity (Wildman–Crippen MR) is 107 cm³/mol. The number of anilines is 1. The van der Waals surface area contributed by atoms with Gasteiger partial charge in [0.1, 0.15) is 0 Å². The molecular formula is C18H20N4O3S2. The van der Waals surface area contributed by atoms with Crippen LogP contribution in [-0.4, -0.2) is 48.4 Å². The highest BCUT2D eigenvalue weighted by molar-refractivity contribution is 7.88. The van der Waals surface area contributed by atoms with E-state index in [1.165, 1.54) is 23.3 Å². The maximum atomic E-state index is 12.9. The highest BCUT2D eigenvalue weighted by Gasteiger charge is 2.24. The van der Waals surface area contributed by atoms with Gasteiger partial charge in [-0.25, -0.2) is 13.4 Å². The van der Waals surface area contributed by atoms with E-state index < -0.39 is 10.0 Å². The first-order valence-electron chi connectivity index (χ1n) is 8.22. The smallest absolute Gasteiger partial charge is 0.244 e. The van der Waals surface area contributed by atoms with Crippen molar-refractivity contribution in [3.8, 4) is 0 Å². The number of pyridine rings is 1. The van der Waals surface area contributed by atoms with Crippen LogP contribution >= 0.6 is 11.3 Å². The second kappa shape index (κ2) is 7.71. The van der Waals surface area contributed by atoms with Crippen molar-refractivity contribution in [2.45, 2.75) is 13.5 Å². The lowest BCUT2D eigenvalue weighted by Crippen LogP contribution is -2.40. The summed E-state index contributed by atoms with van der Waals surface area (Å²) < 4.78 is 25.4. The highest BCUT2D eigenvalue weighted by Crippen LogP contribution is 2.30. The van der Waals surface area contributed by atoms with E-state index in [0.29, 0.717) is 5.13 Å². The number of carbonyl (C=O) groups excluding carboxylic acids is 1. The van der Waals surface area contributed by atoms with Crippen LogP contribution in [0, 0.1) is 6.92 Å². The number of nitrogens with zero attached hydrogens (tertiary/aromatic N) is 4. The first-order valence-corrected chi connectivity index (χ1v) is 10.9. The molecule has 3 rings (SSSR count). The summed E-state index contributed by atoms with van der Waals surface area (Å²) in [6.07, 6.45) is 4.41. The van der Waals surface area contributed by atoms with Gasteiger partial charge in [-0.15, -0.1) is 0 Å². The third-order valence-corrected chi connectivity index (χ3v) is 6.35. The van der Waals surface area contributed by atoms with E-state index in [4.69, 9.17) is 0 Å². The SMILES string of the molecule is Cc1ccc2nc(N(Cc3cccnc3)C(=O)CN(C)S(C)(=O)=O)sc2c1. The van der Waals surface area contributed by atoms with Gasteiger partial charge in [-0.1, -0.05) is 23.5 Å². The molecule has 0 saturated carbocycles. The van der Waals surface area contributed by atoms with Gasteiger partial charge in [0.25, 0.3) is 0 Å². The van der Waals surface area contributed by atoms with Gasteiger partial charge in [-0.05, 0) is 36.2 Å². The number of rotatable bonds is 6. The van der Waals surface area contributed by atoms with Crippen LogP contribution in [0.5, 0.6) is 0 Å². The van der Waals surface area contributed by atoms with E-state index in [-0.39, 0.29) is 19.0 Å². The first kappa shape index (κ1) is 19.4. The third kappa shape index (κ3) is 4.68. The van der Waals surface area contributed by atoms with E-state index in [0.717, 1.165) is 31.9 Å². The Labute approximate surface area is 162 Å². The average Bonchev–Trinajstić information content (AvgIpc) is 3.02. The number of sulfonamides is 1. The number of likely N-dealkylation sites (N-methyl/N-ethyl adjacent to an activating group) is 1. The Morgan fingerprint density at radius 3 is 2.70 bits per heavy atom. The fourth-order valence-corrected chi connectivity index (χ4v) is 3.89. The van der Waals surface area contributed by atoms with Crippen LogP contribution in [0.4, 0.5) is 5.13 Å². The molecule has 0 aliphatic rings. The summed E-state index contributed by atoms with van der Waals surface area (Å²) in [6.45, 7) is 2.01. The van der Waals surface area contributed by atoms with Crippen molar-refractivity contribution in [2.24, 2.45) is 0 Å². The first-order chi connectivity index (χ1) is 12.7. The normalized spacial score (nSPS) is 11.9. The van der Waals surface area contributed by atoms with Crippen LogP contribution in [0.1, 0.15) is 11.1 Å². The third-order valence-electron chi connectivity index (χ3n) is 4.05. The number of thiazole rings is 1. The van der Waals surface area contributed by atoms with E-state index in [2.05, 4.69) is 9.97 Å². The maximum absolute atomic E-state index is 12.9. The minimum atomic E-state index is -3.46. The lowest BCUT2D eigenvalue weighted by Gasteiger charge is -2.22. The van der Waals surface area contributed by atoms with Crippen LogP contribution in [-0.2, 0) is 21.4 Å². The van der Waals surface area contributed by atoms with Crippen molar-refractivity contribution in [1.29, 1.82) is 0 Å². The molecule has 1 aromatic carbocycles. The van der Waals surface area contributed by atoms with Crippen molar-refractivity contribution in [3.05, 3.63) is 53.9 Å². The van der Waals surface area contributed by atoms with Crippen molar-refractivity contribution >= 4 is 42.6 Å². The molecule has 0 saturated heterocycles. The molecule has 1 amide bonds. The van der Waals surface area contributed by atoms with E-state index in [1.807, 2.05) is 31.2 Å². The number of fused-ring (bicyclic) bond motifs is 1. The van der Waals surface area contributed by atoms with Gasteiger partial charge in [-0.3, -0.25) is 14.7 Å². The van der Waals surface area contributed by atoms with Crippen molar-refractivity contribution in [2.75, 3.05) is 24.7 Å². The molecule has 0 bridgehead atoms. The monoisotopic (exact) mass is 404 g/mol. The van der Waals surface area contributed by atoms with Crippen LogP contribution in [0.15, 0.2) is 42.7 Å². The molecule has 0 fully saturated rings. The molecule has 0 spiro atoms. The standard InChI is InChI=1S/C18H20N4O3S2/c1-13-6-7-15-16(9-13)26-18(20-15)22(11-14-5-4-8-19-10-14)17(23)12-21(2)27(3,24)25/h4-10H,11-12H2,1-3H3. The average molecular weight is 405 g/mol. The number of amides is 1. The molecule has 0 aliphatic heterocycles. The van der Waals surface area contributed by atoms with Crippen LogP contribution < -0.4 is 4.90 Å². The fourth-order valence-electron chi connectivity index (χ4n) is 2.46. The summed E-state index contributed by atoms with van der Waals surface area (Å²) in [7, 11) is -2.07. The van der Waals surface area contributed by atoms with E-state index >= 15 is 0 Å². The molecular weight excluding hydrogens is 384 g/mol. The van der Waals surface area contributed by atoms with Crippen molar-refractivity contribution < 1.29 is 13.2 Å². The minimum absolute atomic E-state index is 0.256. The molecule has 2 heterocycles. The molecule has 3 aromatic rings. The lowest BCUT2D eigenvalue weighted by molar-refractivity contribution is -0.118. The summed E-state index contributed by atoms with van der Waals surface area (Å²) in [5.74, 6) is -0.345. The topological polar surface area (TPSA) is 83.5 Å². The second-order valence-corrected chi connectivity index (χ2v) is 9.43. The molecule has 27 heavy (non-hydrogen) atoms. The Hall–Kier alpha value is -2.36. The van der Waals surface area contributed by atoms with Crippen molar-refractivity contribution in [1.82, 2.24) is 14.3 Å². The second-order valence-electron chi connectivity index (χ2n) is 6.33. The molecule has 0 radical (unpaired) electrons. The summed E-state index contributed by atoms with van der Waals surface area (Å²) in [5, 5.41) is 0.534. The molecule has 7 nitrogen and oxygen atoms in total. The van der Waals surface area contributed by atoms with Gasteiger partial charge < -0.3 is 0 Å². The number of benzene rings is 1. The van der Waals surface area contributed by atoms with Gasteiger partial charge >= 0.3 is 0 Å². The molecule has 142 valence electrons. The van der Waals surface area contributed by atoms with Gasteiger partial charge in [0.05, 0.1) is 29.6 Å². The number of hydrogen-bond acceptors (Lipinski definition) is 6. The Kier molecular flexibility index (Phi) is 5.54. The number of aromatic nitrogens is 2. The molecule has 0 N–H and O–H groups in total. The molecule has 0 unspecified atom stereocenters. The zero-order chi connectivity index (χ0) is 19.6. The highest BCUT2D eigenvalue weighted by atomic mass is 32.2.